The van der Waals surface area contributed by atoms with Crippen LogP contribution in [0.4, 0.5) is 8.78 Å². The van der Waals surface area contributed by atoms with Crippen LogP contribution < -0.4 is 5.32 Å². The summed E-state index contributed by atoms with van der Waals surface area (Å²) in [4.78, 5) is 34.4. The molecule has 1 aliphatic heterocycles. The van der Waals surface area contributed by atoms with E-state index in [0.717, 1.165) is 10.3 Å². The zero-order valence-corrected chi connectivity index (χ0v) is 16.4. The van der Waals surface area contributed by atoms with Gasteiger partial charge >= 0.3 is 0 Å². The first-order valence-electron chi connectivity index (χ1n) is 9.37. The first-order valence-corrected chi connectivity index (χ1v) is 9.37. The molecule has 1 aliphatic rings. The van der Waals surface area contributed by atoms with Gasteiger partial charge in [0.25, 0.3) is 11.8 Å². The van der Waals surface area contributed by atoms with E-state index in [2.05, 4.69) is 20.4 Å². The number of pyridine rings is 2. The zero-order chi connectivity index (χ0) is 22.2. The zero-order valence-electron chi connectivity index (χ0n) is 16.4. The molecule has 2 amide bonds. The number of nitriles is 1. The van der Waals surface area contributed by atoms with E-state index in [1.54, 1.807) is 36.3 Å². The van der Waals surface area contributed by atoms with E-state index in [-0.39, 0.29) is 5.56 Å². The van der Waals surface area contributed by atoms with Gasteiger partial charge in [-0.15, -0.1) is 0 Å². The second kappa shape index (κ2) is 7.71. The lowest BCUT2D eigenvalue weighted by Gasteiger charge is -2.19. The monoisotopic (exact) mass is 425 g/mol. The van der Waals surface area contributed by atoms with Crippen LogP contribution in [0.3, 0.4) is 0 Å². The van der Waals surface area contributed by atoms with Crippen molar-refractivity contribution in [1.82, 2.24) is 30.0 Å². The quantitative estimate of drug-likeness (QED) is 0.677. The van der Waals surface area contributed by atoms with E-state index < -0.39 is 43.3 Å². The molecule has 31 heavy (non-hydrogen) atoms. The number of nitrogens with one attached hydrogen (secondary N) is 1. The summed E-state index contributed by atoms with van der Waals surface area (Å²) in [6.07, 6.45) is 5.47. The number of halogens is 2. The van der Waals surface area contributed by atoms with Gasteiger partial charge in [0.2, 0.25) is 5.91 Å². The molecule has 3 aromatic heterocycles. The van der Waals surface area contributed by atoms with Gasteiger partial charge in [-0.05, 0) is 17.7 Å². The molecule has 0 spiro atoms. The van der Waals surface area contributed by atoms with Crippen molar-refractivity contribution in [3.8, 4) is 17.2 Å². The van der Waals surface area contributed by atoms with Gasteiger partial charge in [0, 0.05) is 43.0 Å². The lowest BCUT2D eigenvalue weighted by atomic mass is 10.0. The van der Waals surface area contributed by atoms with Crippen LogP contribution in [0.2, 0.25) is 0 Å². The second-order valence-electron chi connectivity index (χ2n) is 7.19. The third-order valence-electron chi connectivity index (χ3n) is 5.13. The highest BCUT2D eigenvalue weighted by Gasteiger charge is 2.47. The predicted molar refractivity (Wildman–Crippen MR) is 105 cm³/mol. The van der Waals surface area contributed by atoms with E-state index in [4.69, 9.17) is 5.26 Å². The standard InChI is InChI=1S/C20H17F2N7O2/c1-28-18-16(9-27-28)13(3-5-25-18)15-8-24-4-2-14(15)19(31)26-10-17(30)29-11-20(21,22)6-12(29)7-23/h2-5,8-9,12H,6,10-11H2,1H3,(H,26,31). The Kier molecular flexibility index (Phi) is 5.06. The fraction of sp³-hybridized carbons (Fsp3) is 0.300. The number of nitrogens with zero attached hydrogens (tertiary/aromatic N) is 6. The van der Waals surface area contributed by atoms with Crippen LogP contribution in [0.15, 0.2) is 36.9 Å². The maximum absolute atomic E-state index is 13.6. The first-order chi connectivity index (χ1) is 14.8. The molecule has 0 aliphatic carbocycles. The van der Waals surface area contributed by atoms with Gasteiger partial charge in [-0.1, -0.05) is 0 Å². The number of alkyl halides is 2. The van der Waals surface area contributed by atoms with Crippen molar-refractivity contribution in [2.45, 2.75) is 18.4 Å². The number of carbonyl (C=O) groups excluding carboxylic acids is 2. The minimum atomic E-state index is -3.12. The van der Waals surface area contributed by atoms with Gasteiger partial charge in [-0.25, -0.2) is 13.8 Å². The summed E-state index contributed by atoms with van der Waals surface area (Å²) in [7, 11) is 1.75. The maximum atomic E-state index is 13.6. The van der Waals surface area contributed by atoms with E-state index in [1.807, 2.05) is 0 Å². The van der Waals surface area contributed by atoms with Crippen LogP contribution in [0.25, 0.3) is 22.2 Å². The number of likely N-dealkylation sites (tertiary alicyclic amines) is 1. The molecule has 11 heteroatoms. The molecule has 1 fully saturated rings. The Balaban J connectivity index is 1.56. The molecule has 0 aromatic carbocycles. The van der Waals surface area contributed by atoms with E-state index in [9.17, 15) is 18.4 Å². The van der Waals surface area contributed by atoms with Gasteiger partial charge in [-0.3, -0.25) is 19.3 Å². The third-order valence-corrected chi connectivity index (χ3v) is 5.13. The fourth-order valence-corrected chi connectivity index (χ4v) is 3.64. The first kappa shape index (κ1) is 20.3. The number of fused-ring (bicyclic) bond motifs is 1. The SMILES string of the molecule is Cn1ncc2c(-c3cnccc3C(=O)NCC(=O)N3CC(F)(F)CC3C#N)ccnc21. The molecule has 4 heterocycles. The molecule has 3 aromatic rings. The number of carbonyl (C=O) groups is 2. The van der Waals surface area contributed by atoms with Crippen LogP contribution in [-0.4, -0.2) is 61.5 Å². The van der Waals surface area contributed by atoms with Crippen molar-refractivity contribution in [1.29, 1.82) is 5.26 Å². The molecular formula is C20H17F2N7O2. The highest BCUT2D eigenvalue weighted by Crippen LogP contribution is 2.32. The minimum absolute atomic E-state index is 0.253. The van der Waals surface area contributed by atoms with E-state index in [0.29, 0.717) is 16.8 Å². The maximum Gasteiger partial charge on any atom is 0.268 e. The predicted octanol–water partition coefficient (Wildman–Crippen LogP) is 1.52. The lowest BCUT2D eigenvalue weighted by Crippen LogP contribution is -2.43. The van der Waals surface area contributed by atoms with Gasteiger partial charge in [0.1, 0.15) is 6.04 Å². The summed E-state index contributed by atoms with van der Waals surface area (Å²) in [6, 6.07) is 3.72. The second-order valence-corrected chi connectivity index (χ2v) is 7.19. The summed E-state index contributed by atoms with van der Waals surface area (Å²) in [5.41, 5.74) is 2.07. The molecule has 0 radical (unpaired) electrons. The van der Waals surface area contributed by atoms with Crippen LogP contribution in [0.1, 0.15) is 16.8 Å². The van der Waals surface area contributed by atoms with Gasteiger partial charge in [0.15, 0.2) is 5.65 Å². The number of amides is 2. The average Bonchev–Trinajstić information content (AvgIpc) is 3.30. The van der Waals surface area contributed by atoms with Crippen LogP contribution in [0.5, 0.6) is 0 Å². The summed E-state index contributed by atoms with van der Waals surface area (Å²) >= 11 is 0. The number of aryl methyl sites for hydroxylation is 1. The Hall–Kier alpha value is -3.94. The van der Waals surface area contributed by atoms with Crippen molar-refractivity contribution >= 4 is 22.8 Å². The van der Waals surface area contributed by atoms with E-state index in [1.165, 1.54) is 18.5 Å². The minimum Gasteiger partial charge on any atom is -0.343 e. The van der Waals surface area contributed by atoms with E-state index >= 15 is 0 Å². The fourth-order valence-electron chi connectivity index (χ4n) is 3.64. The summed E-state index contributed by atoms with van der Waals surface area (Å²) in [6.45, 7) is -1.34. The van der Waals surface area contributed by atoms with Gasteiger partial charge in [0.05, 0.1) is 30.9 Å². The van der Waals surface area contributed by atoms with Crippen LogP contribution in [0, 0.1) is 11.3 Å². The normalized spacial score (nSPS) is 17.5. The van der Waals surface area contributed by atoms with Crippen molar-refractivity contribution in [3.05, 3.63) is 42.5 Å². The van der Waals surface area contributed by atoms with Crippen molar-refractivity contribution in [2.75, 3.05) is 13.1 Å². The Morgan fingerprint density at radius 1 is 1.29 bits per heavy atom. The molecule has 9 nitrogen and oxygen atoms in total. The molecule has 0 bridgehead atoms. The third kappa shape index (κ3) is 3.79. The highest BCUT2D eigenvalue weighted by atomic mass is 19.3. The number of rotatable bonds is 4. The molecular weight excluding hydrogens is 408 g/mol. The Bertz CT molecular complexity index is 1220. The average molecular weight is 425 g/mol. The van der Waals surface area contributed by atoms with Crippen molar-refractivity contribution in [3.63, 3.8) is 0 Å². The van der Waals surface area contributed by atoms with Crippen LogP contribution >= 0.6 is 0 Å². The van der Waals surface area contributed by atoms with Crippen molar-refractivity contribution in [2.24, 2.45) is 7.05 Å². The molecule has 1 atom stereocenters. The largest absolute Gasteiger partial charge is 0.343 e. The molecule has 4 rings (SSSR count). The Labute approximate surface area is 175 Å². The number of hydrogen-bond donors (Lipinski definition) is 1. The topological polar surface area (TPSA) is 117 Å². The molecule has 1 N–H and O–H groups in total. The van der Waals surface area contributed by atoms with Gasteiger partial charge in [-0.2, -0.15) is 10.4 Å². The number of aromatic nitrogens is 4. The highest BCUT2D eigenvalue weighted by molar-refractivity contribution is 6.05. The molecule has 1 saturated heterocycles. The van der Waals surface area contributed by atoms with Gasteiger partial charge < -0.3 is 10.2 Å². The molecule has 1 unspecified atom stereocenters. The van der Waals surface area contributed by atoms with Crippen molar-refractivity contribution < 1.29 is 18.4 Å². The molecule has 158 valence electrons. The Morgan fingerprint density at radius 2 is 2.10 bits per heavy atom. The molecule has 0 saturated carbocycles. The smallest absolute Gasteiger partial charge is 0.268 e. The van der Waals surface area contributed by atoms with Crippen LogP contribution in [-0.2, 0) is 11.8 Å². The number of hydrogen-bond acceptors (Lipinski definition) is 6. The summed E-state index contributed by atoms with van der Waals surface area (Å²) in [5.74, 6) is -4.43. The lowest BCUT2D eigenvalue weighted by molar-refractivity contribution is -0.131. The summed E-state index contributed by atoms with van der Waals surface area (Å²) < 4.78 is 28.8. The Morgan fingerprint density at radius 3 is 2.87 bits per heavy atom. The summed E-state index contributed by atoms with van der Waals surface area (Å²) in [5, 5.41) is 16.4.